The molecule has 17 heavy (non-hydrogen) atoms. The molecule has 3 heteroatoms. The zero-order valence-electron chi connectivity index (χ0n) is 9.80. The van der Waals surface area contributed by atoms with Crippen molar-refractivity contribution in [3.63, 3.8) is 0 Å². The van der Waals surface area contributed by atoms with Gasteiger partial charge in [-0.3, -0.25) is 4.98 Å². The van der Waals surface area contributed by atoms with Gasteiger partial charge in [0.05, 0.1) is 11.9 Å². The van der Waals surface area contributed by atoms with Gasteiger partial charge in [-0.25, -0.2) is 0 Å². The van der Waals surface area contributed by atoms with Gasteiger partial charge < -0.3 is 10.4 Å². The Balaban J connectivity index is 1.92. The number of pyridine rings is 1. The summed E-state index contributed by atoms with van der Waals surface area (Å²) in [5, 5.41) is 12.5. The Morgan fingerprint density at radius 3 is 2.59 bits per heavy atom. The molecule has 0 aliphatic heterocycles. The minimum atomic E-state index is 0.199. The standard InChI is InChI=1S/C14H16N2O/c1-11(12-5-3-2-4-6-12)15-9-13-7-8-14(17)10-16-13/h2-8,10-11,15,17H,9H2,1H3. The molecule has 1 unspecified atom stereocenters. The molecule has 0 aliphatic carbocycles. The maximum Gasteiger partial charge on any atom is 0.133 e. The van der Waals surface area contributed by atoms with Gasteiger partial charge in [-0.2, -0.15) is 0 Å². The number of hydrogen-bond acceptors (Lipinski definition) is 3. The van der Waals surface area contributed by atoms with Gasteiger partial charge in [0.2, 0.25) is 0 Å². The minimum absolute atomic E-state index is 0.199. The summed E-state index contributed by atoms with van der Waals surface area (Å²) in [7, 11) is 0. The largest absolute Gasteiger partial charge is 0.506 e. The molecule has 1 heterocycles. The van der Waals surface area contributed by atoms with E-state index in [0.717, 1.165) is 5.69 Å². The third-order valence-corrected chi connectivity index (χ3v) is 2.70. The lowest BCUT2D eigenvalue weighted by molar-refractivity contribution is 0.471. The lowest BCUT2D eigenvalue weighted by Crippen LogP contribution is -2.18. The van der Waals surface area contributed by atoms with Crippen LogP contribution in [0.5, 0.6) is 5.75 Å². The highest BCUT2D eigenvalue weighted by Gasteiger charge is 2.04. The van der Waals surface area contributed by atoms with Crippen LogP contribution >= 0.6 is 0 Å². The first-order valence-electron chi connectivity index (χ1n) is 5.68. The van der Waals surface area contributed by atoms with E-state index in [1.54, 1.807) is 6.07 Å². The van der Waals surface area contributed by atoms with Crippen LogP contribution in [-0.4, -0.2) is 10.1 Å². The van der Waals surface area contributed by atoms with Crippen LogP contribution in [-0.2, 0) is 6.54 Å². The van der Waals surface area contributed by atoms with Crippen LogP contribution in [0.15, 0.2) is 48.7 Å². The molecular formula is C14H16N2O. The molecular weight excluding hydrogens is 212 g/mol. The fourth-order valence-corrected chi connectivity index (χ4v) is 1.64. The van der Waals surface area contributed by atoms with E-state index in [1.807, 2.05) is 24.3 Å². The number of nitrogens with one attached hydrogen (secondary N) is 1. The lowest BCUT2D eigenvalue weighted by atomic mass is 10.1. The summed E-state index contributed by atoms with van der Waals surface area (Å²) in [6.45, 7) is 2.81. The van der Waals surface area contributed by atoms with E-state index in [4.69, 9.17) is 5.11 Å². The first-order chi connectivity index (χ1) is 8.25. The molecule has 0 fully saturated rings. The Hall–Kier alpha value is -1.87. The zero-order chi connectivity index (χ0) is 12.1. The Morgan fingerprint density at radius 1 is 1.18 bits per heavy atom. The van der Waals surface area contributed by atoms with Gasteiger partial charge >= 0.3 is 0 Å². The van der Waals surface area contributed by atoms with Crippen LogP contribution in [0.1, 0.15) is 24.2 Å². The summed E-state index contributed by atoms with van der Waals surface area (Å²) >= 11 is 0. The van der Waals surface area contributed by atoms with E-state index in [0.29, 0.717) is 6.54 Å². The van der Waals surface area contributed by atoms with Gasteiger partial charge in [-0.1, -0.05) is 30.3 Å². The molecule has 0 saturated carbocycles. The van der Waals surface area contributed by atoms with Crippen LogP contribution in [0.4, 0.5) is 0 Å². The van der Waals surface area contributed by atoms with E-state index in [9.17, 15) is 0 Å². The molecule has 0 aliphatic rings. The van der Waals surface area contributed by atoms with Gasteiger partial charge in [0.15, 0.2) is 0 Å². The Labute approximate surface area is 101 Å². The van der Waals surface area contributed by atoms with Crippen molar-refractivity contribution in [1.29, 1.82) is 0 Å². The summed E-state index contributed by atoms with van der Waals surface area (Å²) in [5.41, 5.74) is 2.18. The van der Waals surface area contributed by atoms with E-state index in [1.165, 1.54) is 11.8 Å². The van der Waals surface area contributed by atoms with Gasteiger partial charge in [-0.05, 0) is 24.6 Å². The normalized spacial score (nSPS) is 12.3. The smallest absolute Gasteiger partial charge is 0.133 e. The quantitative estimate of drug-likeness (QED) is 0.845. The van der Waals surface area contributed by atoms with Gasteiger partial charge in [-0.15, -0.1) is 0 Å². The summed E-state index contributed by atoms with van der Waals surface area (Å²) in [6.07, 6.45) is 1.46. The summed E-state index contributed by atoms with van der Waals surface area (Å²) in [4.78, 5) is 4.13. The van der Waals surface area contributed by atoms with Gasteiger partial charge in [0, 0.05) is 12.6 Å². The summed E-state index contributed by atoms with van der Waals surface area (Å²) < 4.78 is 0. The predicted octanol–water partition coefficient (Wildman–Crippen LogP) is 2.64. The number of aromatic hydroxyl groups is 1. The number of rotatable bonds is 4. The highest BCUT2D eigenvalue weighted by Crippen LogP contribution is 2.12. The second kappa shape index (κ2) is 5.46. The van der Waals surface area contributed by atoms with Crippen LogP contribution in [0.3, 0.4) is 0 Å². The molecule has 0 saturated heterocycles. The molecule has 0 amide bonds. The SMILES string of the molecule is CC(NCc1ccc(O)cn1)c1ccccc1. The van der Waals surface area contributed by atoms with Crippen molar-refractivity contribution >= 4 is 0 Å². The number of aromatic nitrogens is 1. The van der Waals surface area contributed by atoms with Crippen LogP contribution in [0.25, 0.3) is 0 Å². The van der Waals surface area contributed by atoms with Gasteiger partial charge in [0.1, 0.15) is 5.75 Å². The molecule has 1 aromatic heterocycles. The molecule has 88 valence electrons. The van der Waals surface area contributed by atoms with Crippen molar-refractivity contribution in [2.45, 2.75) is 19.5 Å². The first-order valence-corrected chi connectivity index (χ1v) is 5.68. The van der Waals surface area contributed by atoms with Crippen molar-refractivity contribution in [2.24, 2.45) is 0 Å². The van der Waals surface area contributed by atoms with E-state index >= 15 is 0 Å². The molecule has 0 bridgehead atoms. The Bertz CT molecular complexity index is 453. The molecule has 0 radical (unpaired) electrons. The van der Waals surface area contributed by atoms with E-state index in [2.05, 4.69) is 29.4 Å². The van der Waals surface area contributed by atoms with E-state index < -0.39 is 0 Å². The monoisotopic (exact) mass is 228 g/mol. The van der Waals surface area contributed by atoms with Crippen molar-refractivity contribution < 1.29 is 5.11 Å². The van der Waals surface area contributed by atoms with Crippen molar-refractivity contribution in [1.82, 2.24) is 10.3 Å². The fraction of sp³-hybridized carbons (Fsp3) is 0.214. The van der Waals surface area contributed by atoms with Crippen LogP contribution < -0.4 is 5.32 Å². The minimum Gasteiger partial charge on any atom is -0.506 e. The lowest BCUT2D eigenvalue weighted by Gasteiger charge is -2.13. The molecule has 2 rings (SSSR count). The Kier molecular flexibility index (Phi) is 3.73. The molecule has 3 nitrogen and oxygen atoms in total. The fourth-order valence-electron chi connectivity index (χ4n) is 1.64. The summed E-state index contributed by atoms with van der Waals surface area (Å²) in [6, 6.07) is 14.0. The third-order valence-electron chi connectivity index (χ3n) is 2.70. The second-order valence-electron chi connectivity index (χ2n) is 4.02. The Morgan fingerprint density at radius 2 is 1.94 bits per heavy atom. The average molecular weight is 228 g/mol. The second-order valence-corrected chi connectivity index (χ2v) is 4.02. The number of benzene rings is 1. The van der Waals surface area contributed by atoms with Crippen LogP contribution in [0.2, 0.25) is 0 Å². The topological polar surface area (TPSA) is 45.1 Å². The van der Waals surface area contributed by atoms with Crippen molar-refractivity contribution in [3.05, 3.63) is 59.9 Å². The summed E-state index contributed by atoms with van der Waals surface area (Å²) in [5.74, 6) is 0.199. The molecule has 1 aromatic carbocycles. The molecule has 2 aromatic rings. The van der Waals surface area contributed by atoms with Crippen LogP contribution in [0, 0.1) is 0 Å². The maximum absolute atomic E-state index is 9.13. The highest BCUT2D eigenvalue weighted by atomic mass is 16.3. The number of nitrogens with zero attached hydrogens (tertiary/aromatic N) is 1. The molecule has 0 spiro atoms. The van der Waals surface area contributed by atoms with Crippen molar-refractivity contribution in [2.75, 3.05) is 0 Å². The van der Waals surface area contributed by atoms with Crippen molar-refractivity contribution in [3.8, 4) is 5.75 Å². The third kappa shape index (κ3) is 3.29. The maximum atomic E-state index is 9.13. The predicted molar refractivity (Wildman–Crippen MR) is 67.6 cm³/mol. The first kappa shape index (κ1) is 11.6. The molecule has 2 N–H and O–H groups in total. The highest BCUT2D eigenvalue weighted by molar-refractivity contribution is 5.20. The average Bonchev–Trinajstić information content (AvgIpc) is 2.39. The van der Waals surface area contributed by atoms with E-state index in [-0.39, 0.29) is 11.8 Å². The zero-order valence-corrected chi connectivity index (χ0v) is 9.80. The number of hydrogen-bond donors (Lipinski definition) is 2. The molecule has 1 atom stereocenters. The van der Waals surface area contributed by atoms with Gasteiger partial charge in [0.25, 0.3) is 0 Å².